The first-order valence-electron chi connectivity index (χ1n) is 6.05. The van der Waals surface area contributed by atoms with Gasteiger partial charge in [-0.05, 0) is 24.7 Å². The fourth-order valence-corrected chi connectivity index (χ4v) is 1.87. The molecule has 0 aromatic carbocycles. The van der Waals surface area contributed by atoms with Crippen molar-refractivity contribution >= 4 is 5.91 Å². The minimum absolute atomic E-state index is 0.268. The summed E-state index contributed by atoms with van der Waals surface area (Å²) in [5, 5.41) is 10.7. The van der Waals surface area contributed by atoms with Crippen LogP contribution in [0.15, 0.2) is 0 Å². The molecule has 0 aliphatic carbocycles. The van der Waals surface area contributed by atoms with Crippen molar-refractivity contribution in [1.82, 2.24) is 5.32 Å². The summed E-state index contributed by atoms with van der Waals surface area (Å²) in [6.45, 7) is 7.16. The molecule has 0 bridgehead atoms. The van der Waals surface area contributed by atoms with Crippen LogP contribution in [0.25, 0.3) is 0 Å². The first kappa shape index (κ1) is 15.4. The minimum atomic E-state index is -0.276. The van der Waals surface area contributed by atoms with Crippen molar-refractivity contribution in [1.29, 1.82) is 0 Å². The van der Waals surface area contributed by atoms with Crippen LogP contribution in [0.1, 0.15) is 52.9 Å². The molecule has 0 rings (SSSR count). The third-order valence-corrected chi connectivity index (χ3v) is 2.72. The topological polar surface area (TPSA) is 58.6 Å². The van der Waals surface area contributed by atoms with Gasteiger partial charge in [0.15, 0.2) is 6.61 Å². The van der Waals surface area contributed by atoms with Crippen LogP contribution in [-0.2, 0) is 9.68 Å². The molecule has 2 N–H and O–H groups in total. The molecule has 0 radical (unpaired) electrons. The van der Waals surface area contributed by atoms with Crippen molar-refractivity contribution in [3.63, 3.8) is 0 Å². The van der Waals surface area contributed by atoms with Gasteiger partial charge in [-0.15, -0.1) is 0 Å². The summed E-state index contributed by atoms with van der Waals surface area (Å²) in [5.41, 5.74) is 0.410. The third-order valence-electron chi connectivity index (χ3n) is 2.72. The molecule has 0 aliphatic heterocycles. The molecule has 96 valence electrons. The van der Waals surface area contributed by atoms with E-state index in [1.165, 1.54) is 19.3 Å². The lowest BCUT2D eigenvalue weighted by molar-refractivity contribution is -0.238. The Balaban J connectivity index is 3.42. The molecule has 0 unspecified atom stereocenters. The Morgan fingerprint density at radius 1 is 1.31 bits per heavy atom. The molecule has 0 heterocycles. The summed E-state index contributed by atoms with van der Waals surface area (Å²) in [6, 6.07) is 0. The molecule has 0 fully saturated rings. The second-order valence-electron chi connectivity index (χ2n) is 4.99. The van der Waals surface area contributed by atoms with Crippen molar-refractivity contribution in [3.8, 4) is 0 Å². The third kappa shape index (κ3) is 8.68. The molecule has 0 saturated carbocycles. The standard InChI is InChI=1S/C12H25NO3/c1-4-7-12(2,3)8-5-6-9-13-11(14)10-16-15/h15H,4-10H2,1-3H3,(H,13,14). The lowest BCUT2D eigenvalue weighted by Crippen LogP contribution is -2.28. The van der Waals surface area contributed by atoms with Crippen molar-refractivity contribution in [2.45, 2.75) is 52.9 Å². The summed E-state index contributed by atoms with van der Waals surface area (Å²) in [7, 11) is 0. The number of rotatable bonds is 9. The molecule has 0 saturated heterocycles. The van der Waals surface area contributed by atoms with Gasteiger partial charge in [0.2, 0.25) is 5.91 Å². The largest absolute Gasteiger partial charge is 0.354 e. The van der Waals surface area contributed by atoms with Crippen molar-refractivity contribution in [3.05, 3.63) is 0 Å². The highest BCUT2D eigenvalue weighted by Gasteiger charge is 2.15. The summed E-state index contributed by atoms with van der Waals surface area (Å²) in [4.78, 5) is 14.6. The summed E-state index contributed by atoms with van der Waals surface area (Å²) in [5.74, 6) is -0.268. The Kier molecular flexibility index (Phi) is 8.21. The van der Waals surface area contributed by atoms with E-state index in [4.69, 9.17) is 5.26 Å². The van der Waals surface area contributed by atoms with Gasteiger partial charge in [-0.1, -0.05) is 33.6 Å². The maximum atomic E-state index is 10.9. The van der Waals surface area contributed by atoms with E-state index >= 15 is 0 Å². The Morgan fingerprint density at radius 3 is 2.56 bits per heavy atom. The number of unbranched alkanes of at least 4 members (excludes halogenated alkanes) is 1. The molecular weight excluding hydrogens is 206 g/mol. The fourth-order valence-electron chi connectivity index (χ4n) is 1.87. The Bertz CT molecular complexity index is 193. The lowest BCUT2D eigenvalue weighted by Gasteiger charge is -2.23. The quantitative estimate of drug-likeness (QED) is 0.364. The predicted octanol–water partition coefficient (Wildman–Crippen LogP) is 2.59. The van der Waals surface area contributed by atoms with Gasteiger partial charge >= 0.3 is 0 Å². The average molecular weight is 231 g/mol. The maximum absolute atomic E-state index is 10.9. The highest BCUT2D eigenvalue weighted by Crippen LogP contribution is 2.28. The highest BCUT2D eigenvalue weighted by atomic mass is 17.1. The summed E-state index contributed by atoms with van der Waals surface area (Å²) >= 11 is 0. The van der Waals surface area contributed by atoms with Crippen LogP contribution in [0, 0.1) is 5.41 Å². The second-order valence-corrected chi connectivity index (χ2v) is 4.99. The Labute approximate surface area is 98.3 Å². The van der Waals surface area contributed by atoms with Crippen LogP contribution >= 0.6 is 0 Å². The normalized spacial score (nSPS) is 11.5. The van der Waals surface area contributed by atoms with Gasteiger partial charge < -0.3 is 5.32 Å². The van der Waals surface area contributed by atoms with Crippen molar-refractivity contribution < 1.29 is 14.9 Å². The van der Waals surface area contributed by atoms with Gasteiger partial charge in [0, 0.05) is 6.54 Å². The molecule has 4 nitrogen and oxygen atoms in total. The number of hydrogen-bond donors (Lipinski definition) is 2. The van der Waals surface area contributed by atoms with Crippen LogP contribution in [-0.4, -0.2) is 24.3 Å². The average Bonchev–Trinajstić information content (AvgIpc) is 2.17. The zero-order valence-corrected chi connectivity index (χ0v) is 10.7. The van der Waals surface area contributed by atoms with E-state index in [9.17, 15) is 4.79 Å². The first-order valence-corrected chi connectivity index (χ1v) is 6.05. The van der Waals surface area contributed by atoms with Gasteiger partial charge in [0.05, 0.1) is 0 Å². The summed E-state index contributed by atoms with van der Waals surface area (Å²) < 4.78 is 0. The van der Waals surface area contributed by atoms with E-state index in [0.717, 1.165) is 12.8 Å². The fraction of sp³-hybridized carbons (Fsp3) is 0.917. The maximum Gasteiger partial charge on any atom is 0.249 e. The smallest absolute Gasteiger partial charge is 0.249 e. The zero-order valence-electron chi connectivity index (χ0n) is 10.7. The number of amides is 1. The van der Waals surface area contributed by atoms with E-state index in [2.05, 4.69) is 31.0 Å². The molecule has 0 aromatic rings. The van der Waals surface area contributed by atoms with Crippen LogP contribution in [0.2, 0.25) is 0 Å². The van der Waals surface area contributed by atoms with Crippen LogP contribution in [0.5, 0.6) is 0 Å². The number of nitrogens with one attached hydrogen (secondary N) is 1. The van der Waals surface area contributed by atoms with E-state index in [-0.39, 0.29) is 12.5 Å². The van der Waals surface area contributed by atoms with E-state index in [1.54, 1.807) is 0 Å². The Morgan fingerprint density at radius 2 is 2.00 bits per heavy atom. The number of carbonyl (C=O) groups is 1. The van der Waals surface area contributed by atoms with Gasteiger partial charge in [0.25, 0.3) is 0 Å². The summed E-state index contributed by atoms with van der Waals surface area (Å²) in [6.07, 6.45) is 5.75. The molecule has 4 heteroatoms. The predicted molar refractivity (Wildman–Crippen MR) is 64.1 cm³/mol. The van der Waals surface area contributed by atoms with Gasteiger partial charge in [0.1, 0.15) is 0 Å². The van der Waals surface area contributed by atoms with E-state index in [1.807, 2.05) is 0 Å². The molecule has 0 aromatic heterocycles. The molecule has 1 amide bonds. The SMILES string of the molecule is CCCC(C)(C)CCCCNC(=O)COO. The lowest BCUT2D eigenvalue weighted by atomic mass is 9.83. The monoisotopic (exact) mass is 231 g/mol. The highest BCUT2D eigenvalue weighted by molar-refractivity contribution is 5.76. The van der Waals surface area contributed by atoms with E-state index in [0.29, 0.717) is 12.0 Å². The van der Waals surface area contributed by atoms with Gasteiger partial charge in [-0.3, -0.25) is 10.1 Å². The molecule has 0 aliphatic rings. The molecular formula is C12H25NO3. The number of carbonyl (C=O) groups excluding carboxylic acids is 1. The number of hydrogen-bond acceptors (Lipinski definition) is 3. The van der Waals surface area contributed by atoms with Gasteiger partial charge in [-0.2, -0.15) is 0 Å². The van der Waals surface area contributed by atoms with Crippen LogP contribution in [0.3, 0.4) is 0 Å². The van der Waals surface area contributed by atoms with E-state index < -0.39 is 0 Å². The Hall–Kier alpha value is -0.610. The molecule has 0 atom stereocenters. The van der Waals surface area contributed by atoms with Crippen molar-refractivity contribution in [2.24, 2.45) is 5.41 Å². The van der Waals surface area contributed by atoms with Crippen LogP contribution < -0.4 is 5.32 Å². The second kappa shape index (κ2) is 8.53. The minimum Gasteiger partial charge on any atom is -0.354 e. The zero-order chi connectivity index (χ0) is 12.4. The first-order chi connectivity index (χ1) is 7.52. The van der Waals surface area contributed by atoms with Crippen molar-refractivity contribution in [2.75, 3.05) is 13.2 Å². The molecule has 0 spiro atoms. The molecule has 16 heavy (non-hydrogen) atoms. The van der Waals surface area contributed by atoms with Crippen LogP contribution in [0.4, 0.5) is 0 Å². The van der Waals surface area contributed by atoms with Gasteiger partial charge in [-0.25, -0.2) is 4.89 Å².